The van der Waals surface area contributed by atoms with Gasteiger partial charge in [-0.2, -0.15) is 0 Å². The average Bonchev–Trinajstić information content (AvgIpc) is 2.72. The third kappa shape index (κ3) is 2.81. The summed E-state index contributed by atoms with van der Waals surface area (Å²) in [7, 11) is 0. The summed E-state index contributed by atoms with van der Waals surface area (Å²) >= 11 is 0. The second kappa shape index (κ2) is 6.26. The molecule has 0 heterocycles. The monoisotopic (exact) mass is 348 g/mol. The van der Waals surface area contributed by atoms with Crippen LogP contribution in [0.2, 0.25) is 0 Å². The van der Waals surface area contributed by atoms with Gasteiger partial charge in [-0.1, -0.05) is 66.7 Å². The molecule has 0 spiro atoms. The van der Waals surface area contributed by atoms with Crippen molar-refractivity contribution in [2.45, 2.75) is 0 Å². The molecule has 5 aromatic carbocycles. The van der Waals surface area contributed by atoms with Crippen LogP contribution in [0.5, 0.6) is 5.75 Å². The van der Waals surface area contributed by atoms with Gasteiger partial charge in [0.25, 0.3) is 0 Å². The van der Waals surface area contributed by atoms with E-state index in [9.17, 15) is 4.79 Å². The fraction of sp³-hybridized carbons (Fsp3) is 0. The van der Waals surface area contributed by atoms with E-state index in [2.05, 4.69) is 24.3 Å². The quantitative estimate of drug-likeness (QED) is 0.211. The minimum atomic E-state index is -0.346. The molecular formula is C25H16O2. The van der Waals surface area contributed by atoms with Crippen LogP contribution in [-0.2, 0) is 0 Å². The van der Waals surface area contributed by atoms with Gasteiger partial charge >= 0.3 is 5.97 Å². The summed E-state index contributed by atoms with van der Waals surface area (Å²) in [5, 5.41) is 6.41. The Hall–Kier alpha value is -3.65. The standard InChI is InChI=1S/C25H16O2/c26-25(22-13-12-17-6-1-2-7-18(17)15-22)27-24-11-5-10-21-14-19-8-3-4-9-20(19)16-23(21)24/h1-16H. The molecule has 0 aliphatic heterocycles. The van der Waals surface area contributed by atoms with Crippen molar-refractivity contribution in [3.8, 4) is 5.75 Å². The molecule has 0 saturated heterocycles. The van der Waals surface area contributed by atoms with Crippen LogP contribution >= 0.6 is 0 Å². The van der Waals surface area contributed by atoms with Crippen molar-refractivity contribution in [2.75, 3.05) is 0 Å². The fourth-order valence-electron chi connectivity index (χ4n) is 3.50. The zero-order valence-corrected chi connectivity index (χ0v) is 14.6. The highest BCUT2D eigenvalue weighted by Gasteiger charge is 2.12. The zero-order chi connectivity index (χ0) is 18.2. The normalized spacial score (nSPS) is 11.1. The van der Waals surface area contributed by atoms with Crippen molar-refractivity contribution in [1.29, 1.82) is 0 Å². The molecule has 128 valence electrons. The van der Waals surface area contributed by atoms with Crippen LogP contribution in [0, 0.1) is 0 Å². The van der Waals surface area contributed by atoms with Crippen LogP contribution in [0.25, 0.3) is 32.3 Å². The number of carbonyl (C=O) groups excluding carboxylic acids is 1. The van der Waals surface area contributed by atoms with Crippen molar-refractivity contribution < 1.29 is 9.53 Å². The first-order valence-electron chi connectivity index (χ1n) is 8.90. The second-order valence-electron chi connectivity index (χ2n) is 6.63. The molecule has 0 radical (unpaired) electrons. The van der Waals surface area contributed by atoms with Gasteiger partial charge in [-0.3, -0.25) is 0 Å². The van der Waals surface area contributed by atoms with E-state index in [4.69, 9.17) is 4.74 Å². The highest BCUT2D eigenvalue weighted by Crippen LogP contribution is 2.30. The molecule has 0 fully saturated rings. The number of hydrogen-bond acceptors (Lipinski definition) is 2. The highest BCUT2D eigenvalue weighted by atomic mass is 16.5. The molecule has 0 aromatic heterocycles. The van der Waals surface area contributed by atoms with Gasteiger partial charge in [0, 0.05) is 5.39 Å². The van der Waals surface area contributed by atoms with Crippen LogP contribution in [0.1, 0.15) is 10.4 Å². The molecule has 2 nitrogen and oxygen atoms in total. The lowest BCUT2D eigenvalue weighted by Crippen LogP contribution is -2.08. The Labute approximate surface area is 156 Å². The first kappa shape index (κ1) is 15.6. The van der Waals surface area contributed by atoms with Gasteiger partial charge in [-0.15, -0.1) is 0 Å². The minimum Gasteiger partial charge on any atom is -0.422 e. The predicted molar refractivity (Wildman–Crippen MR) is 110 cm³/mol. The molecule has 0 saturated carbocycles. The van der Waals surface area contributed by atoms with Crippen LogP contribution in [0.4, 0.5) is 0 Å². The number of benzene rings is 5. The first-order valence-corrected chi connectivity index (χ1v) is 8.90. The molecule has 0 bridgehead atoms. The first-order chi connectivity index (χ1) is 13.3. The summed E-state index contributed by atoms with van der Waals surface area (Å²) in [5.41, 5.74) is 0.548. The molecule has 0 aliphatic carbocycles. The van der Waals surface area contributed by atoms with E-state index in [0.29, 0.717) is 11.3 Å². The molecule has 5 rings (SSSR count). The van der Waals surface area contributed by atoms with Gasteiger partial charge in [-0.05, 0) is 57.3 Å². The van der Waals surface area contributed by atoms with E-state index in [0.717, 1.165) is 26.9 Å². The van der Waals surface area contributed by atoms with E-state index < -0.39 is 0 Å². The van der Waals surface area contributed by atoms with Crippen molar-refractivity contribution >= 4 is 38.3 Å². The molecule has 5 aromatic rings. The Morgan fingerprint density at radius 3 is 1.96 bits per heavy atom. The Morgan fingerprint density at radius 1 is 0.556 bits per heavy atom. The summed E-state index contributed by atoms with van der Waals surface area (Å²) < 4.78 is 5.77. The van der Waals surface area contributed by atoms with Gasteiger partial charge in [0.05, 0.1) is 5.56 Å². The Kier molecular flexibility index (Phi) is 3.61. The highest BCUT2D eigenvalue weighted by molar-refractivity contribution is 6.03. The maximum Gasteiger partial charge on any atom is 0.343 e. The molecule has 0 aliphatic rings. The number of esters is 1. The molecule has 0 amide bonds. The van der Waals surface area contributed by atoms with E-state index in [1.54, 1.807) is 0 Å². The van der Waals surface area contributed by atoms with E-state index in [1.807, 2.05) is 72.8 Å². The van der Waals surface area contributed by atoms with Gasteiger partial charge < -0.3 is 4.74 Å². The lowest BCUT2D eigenvalue weighted by molar-refractivity contribution is 0.0737. The Balaban J connectivity index is 1.56. The second-order valence-corrected chi connectivity index (χ2v) is 6.63. The third-order valence-corrected chi connectivity index (χ3v) is 4.89. The minimum absolute atomic E-state index is 0.346. The largest absolute Gasteiger partial charge is 0.422 e. The van der Waals surface area contributed by atoms with E-state index in [-0.39, 0.29) is 5.97 Å². The zero-order valence-electron chi connectivity index (χ0n) is 14.6. The topological polar surface area (TPSA) is 26.3 Å². The smallest absolute Gasteiger partial charge is 0.343 e. The summed E-state index contributed by atoms with van der Waals surface area (Å²) in [4.78, 5) is 12.7. The summed E-state index contributed by atoms with van der Waals surface area (Å²) in [6.45, 7) is 0. The average molecular weight is 348 g/mol. The molecule has 0 N–H and O–H groups in total. The molecular weight excluding hydrogens is 332 g/mol. The van der Waals surface area contributed by atoms with Gasteiger partial charge in [0.1, 0.15) is 5.75 Å². The van der Waals surface area contributed by atoms with Crippen LogP contribution in [-0.4, -0.2) is 5.97 Å². The number of rotatable bonds is 2. The molecule has 0 unspecified atom stereocenters. The van der Waals surface area contributed by atoms with Gasteiger partial charge in [0.15, 0.2) is 0 Å². The SMILES string of the molecule is O=C(Oc1cccc2cc3ccccc3cc12)c1ccc2ccccc2c1. The number of fused-ring (bicyclic) bond motifs is 3. The number of hydrogen-bond donors (Lipinski definition) is 0. The maximum absolute atomic E-state index is 12.7. The Bertz CT molecular complexity index is 1320. The van der Waals surface area contributed by atoms with E-state index in [1.165, 1.54) is 5.39 Å². The van der Waals surface area contributed by atoms with Gasteiger partial charge in [-0.25, -0.2) is 4.79 Å². The van der Waals surface area contributed by atoms with Crippen molar-refractivity contribution in [2.24, 2.45) is 0 Å². The third-order valence-electron chi connectivity index (χ3n) is 4.89. The maximum atomic E-state index is 12.7. The number of carbonyl (C=O) groups is 1. The Morgan fingerprint density at radius 2 is 1.19 bits per heavy atom. The fourth-order valence-corrected chi connectivity index (χ4v) is 3.50. The van der Waals surface area contributed by atoms with Gasteiger partial charge in [0.2, 0.25) is 0 Å². The molecule has 0 atom stereocenters. The van der Waals surface area contributed by atoms with E-state index >= 15 is 0 Å². The summed E-state index contributed by atoms with van der Waals surface area (Å²) in [6.07, 6.45) is 0. The molecule has 27 heavy (non-hydrogen) atoms. The lowest BCUT2D eigenvalue weighted by Gasteiger charge is -2.10. The summed E-state index contributed by atoms with van der Waals surface area (Å²) in [6, 6.07) is 31.8. The van der Waals surface area contributed by atoms with Crippen LogP contribution in [0.3, 0.4) is 0 Å². The van der Waals surface area contributed by atoms with Crippen molar-refractivity contribution in [3.05, 3.63) is 103 Å². The van der Waals surface area contributed by atoms with Crippen molar-refractivity contribution in [1.82, 2.24) is 0 Å². The summed E-state index contributed by atoms with van der Waals surface area (Å²) in [5.74, 6) is 0.234. The van der Waals surface area contributed by atoms with Crippen LogP contribution < -0.4 is 4.74 Å². The van der Waals surface area contributed by atoms with Crippen molar-refractivity contribution in [3.63, 3.8) is 0 Å². The lowest BCUT2D eigenvalue weighted by atomic mass is 10.0. The number of ether oxygens (including phenoxy) is 1. The predicted octanol–water partition coefficient (Wildman–Crippen LogP) is 6.37. The molecule has 2 heteroatoms. The van der Waals surface area contributed by atoms with Crippen LogP contribution in [0.15, 0.2) is 97.1 Å².